The maximum absolute atomic E-state index is 6.40. The molecule has 238 valence electrons. The summed E-state index contributed by atoms with van der Waals surface area (Å²) in [6.45, 7) is 11.1. The first-order valence-electron chi connectivity index (χ1n) is 16.2. The standard InChI is InChI=1S/C41H38N4O.Pt/c1-6-11-30-22-28(4)29(5)35(12-7-2)41(30)31-25-43-44(26-31)32-13-10-14-33(23-32)46-34-17-18-37-36-15-8-9-16-38(36)45(39(37)24-34)40-21-27(3)19-20-42-40;/h8-10,13-22,25-26H,6-7,11-12H2,1-5H3;/q-2;+2. The monoisotopic (exact) mass is 797 g/mol. The number of aryl methyl sites for hydroxylation is 3. The molecule has 0 saturated carbocycles. The van der Waals surface area contributed by atoms with E-state index in [2.05, 4.69) is 100.0 Å². The Hall–Kier alpha value is -4.47. The quantitative estimate of drug-likeness (QED) is 0.137. The molecule has 0 amide bonds. The van der Waals surface area contributed by atoms with Crippen LogP contribution in [0.15, 0.2) is 91.4 Å². The largest absolute Gasteiger partial charge is 2.00 e. The number of hydrogen-bond acceptors (Lipinski definition) is 3. The van der Waals surface area contributed by atoms with E-state index in [4.69, 9.17) is 14.8 Å². The molecule has 6 heteroatoms. The fourth-order valence-electron chi connectivity index (χ4n) is 6.60. The summed E-state index contributed by atoms with van der Waals surface area (Å²) in [6.07, 6.45) is 10.3. The van der Waals surface area contributed by atoms with Gasteiger partial charge in [0.05, 0.1) is 6.20 Å². The topological polar surface area (TPSA) is 44.9 Å². The minimum Gasteiger partial charge on any atom is -0.509 e. The zero-order valence-corrected chi connectivity index (χ0v) is 29.8. The van der Waals surface area contributed by atoms with Crippen LogP contribution in [0.2, 0.25) is 0 Å². The maximum Gasteiger partial charge on any atom is 2.00 e. The van der Waals surface area contributed by atoms with Crippen molar-refractivity contribution in [3.8, 4) is 34.1 Å². The second-order valence-electron chi connectivity index (χ2n) is 12.1. The van der Waals surface area contributed by atoms with Gasteiger partial charge in [0.1, 0.15) is 5.82 Å². The van der Waals surface area contributed by atoms with Crippen LogP contribution in [-0.4, -0.2) is 19.3 Å². The van der Waals surface area contributed by atoms with E-state index in [0.717, 1.165) is 70.1 Å². The number of para-hydroxylation sites is 1. The molecule has 3 aromatic heterocycles. The van der Waals surface area contributed by atoms with Crippen molar-refractivity contribution in [2.45, 2.75) is 60.3 Å². The minimum atomic E-state index is 0. The minimum absolute atomic E-state index is 0. The summed E-state index contributed by atoms with van der Waals surface area (Å²) in [7, 11) is 0. The molecular weight excluding hydrogens is 760 g/mol. The van der Waals surface area contributed by atoms with Gasteiger partial charge < -0.3 is 9.30 Å². The van der Waals surface area contributed by atoms with Gasteiger partial charge in [-0.3, -0.25) is 4.68 Å². The first kappa shape index (κ1) is 32.5. The molecule has 0 saturated heterocycles. The summed E-state index contributed by atoms with van der Waals surface area (Å²) in [6, 6.07) is 31.8. The van der Waals surface area contributed by atoms with Crippen LogP contribution in [0.4, 0.5) is 0 Å². The third-order valence-electron chi connectivity index (χ3n) is 8.86. The average molecular weight is 798 g/mol. The number of ether oxygens (including phenoxy) is 1. The predicted octanol–water partition coefficient (Wildman–Crippen LogP) is 10.3. The molecule has 0 aliphatic heterocycles. The molecule has 0 unspecified atom stereocenters. The molecule has 0 atom stereocenters. The van der Waals surface area contributed by atoms with Gasteiger partial charge in [-0.2, -0.15) is 17.2 Å². The van der Waals surface area contributed by atoms with E-state index >= 15 is 0 Å². The van der Waals surface area contributed by atoms with Crippen molar-refractivity contribution < 1.29 is 25.8 Å². The predicted molar refractivity (Wildman–Crippen MR) is 188 cm³/mol. The van der Waals surface area contributed by atoms with E-state index in [-0.39, 0.29) is 21.1 Å². The van der Waals surface area contributed by atoms with Crippen molar-refractivity contribution in [1.29, 1.82) is 0 Å². The molecule has 0 spiro atoms. The molecule has 0 N–H and O–H groups in total. The van der Waals surface area contributed by atoms with Crippen molar-refractivity contribution in [1.82, 2.24) is 19.3 Å². The number of fused-ring (bicyclic) bond motifs is 3. The molecule has 47 heavy (non-hydrogen) atoms. The number of aromatic nitrogens is 4. The van der Waals surface area contributed by atoms with E-state index < -0.39 is 0 Å². The summed E-state index contributed by atoms with van der Waals surface area (Å²) >= 11 is 0. The van der Waals surface area contributed by atoms with Gasteiger partial charge in [-0.1, -0.05) is 56.5 Å². The summed E-state index contributed by atoms with van der Waals surface area (Å²) in [5, 5.41) is 7.05. The van der Waals surface area contributed by atoms with E-state index in [1.54, 1.807) is 0 Å². The van der Waals surface area contributed by atoms with Crippen LogP contribution < -0.4 is 4.74 Å². The van der Waals surface area contributed by atoms with Crippen molar-refractivity contribution in [3.05, 3.63) is 131 Å². The van der Waals surface area contributed by atoms with Gasteiger partial charge in [0.25, 0.3) is 0 Å². The molecule has 5 nitrogen and oxygen atoms in total. The van der Waals surface area contributed by atoms with Crippen LogP contribution in [-0.2, 0) is 33.9 Å². The molecular formula is C41H38N4OPt. The number of pyridine rings is 1. The summed E-state index contributed by atoms with van der Waals surface area (Å²) in [4.78, 5) is 4.69. The number of rotatable bonds is 9. The van der Waals surface area contributed by atoms with Crippen LogP contribution in [0, 0.1) is 32.9 Å². The fourth-order valence-corrected chi connectivity index (χ4v) is 6.60. The Kier molecular flexibility index (Phi) is 9.47. The van der Waals surface area contributed by atoms with Gasteiger partial charge in [-0.05, 0) is 96.3 Å². The Morgan fingerprint density at radius 1 is 0.809 bits per heavy atom. The van der Waals surface area contributed by atoms with Gasteiger partial charge in [-0.25, -0.2) is 4.98 Å². The second kappa shape index (κ2) is 13.7. The Labute approximate surface area is 291 Å². The smallest absolute Gasteiger partial charge is 0.509 e. The Morgan fingerprint density at radius 3 is 2.43 bits per heavy atom. The van der Waals surface area contributed by atoms with Gasteiger partial charge in [-0.15, -0.1) is 35.7 Å². The van der Waals surface area contributed by atoms with Crippen LogP contribution in [0.5, 0.6) is 11.5 Å². The molecule has 0 aliphatic carbocycles. The molecule has 3 heterocycles. The van der Waals surface area contributed by atoms with Crippen molar-refractivity contribution in [2.24, 2.45) is 0 Å². The molecule has 0 bridgehead atoms. The van der Waals surface area contributed by atoms with Gasteiger partial charge in [0, 0.05) is 35.0 Å². The van der Waals surface area contributed by atoms with E-state index in [1.807, 2.05) is 47.4 Å². The third-order valence-corrected chi connectivity index (χ3v) is 8.86. The van der Waals surface area contributed by atoms with Crippen molar-refractivity contribution >= 4 is 21.8 Å². The first-order valence-corrected chi connectivity index (χ1v) is 16.2. The normalized spacial score (nSPS) is 11.3. The molecule has 4 aromatic carbocycles. The van der Waals surface area contributed by atoms with Crippen LogP contribution in [0.3, 0.4) is 0 Å². The molecule has 7 rings (SSSR count). The zero-order chi connectivity index (χ0) is 31.8. The second-order valence-corrected chi connectivity index (χ2v) is 12.1. The Balaban J connectivity index is 0.00000386. The SMILES string of the molecule is CCCc1cc(C)c(C)c(CCC)c1-c1cnn(-c2[c-]c(Oc3[c-]c4c(cc3)c3ccccc3n4-c3cc(C)ccn3)ccc2)c1.[Pt+2]. The van der Waals surface area contributed by atoms with Gasteiger partial charge in [0.15, 0.2) is 0 Å². The Bertz CT molecular complexity index is 2210. The Morgan fingerprint density at radius 2 is 1.62 bits per heavy atom. The van der Waals surface area contributed by atoms with Gasteiger partial charge in [0.2, 0.25) is 0 Å². The molecule has 0 fully saturated rings. The zero-order valence-electron chi connectivity index (χ0n) is 27.5. The van der Waals surface area contributed by atoms with Crippen LogP contribution >= 0.6 is 0 Å². The van der Waals surface area contributed by atoms with Crippen LogP contribution in [0.25, 0.3) is 44.4 Å². The average Bonchev–Trinajstić information content (AvgIpc) is 3.67. The third kappa shape index (κ3) is 6.17. The van der Waals surface area contributed by atoms with Crippen molar-refractivity contribution in [2.75, 3.05) is 0 Å². The number of nitrogens with zero attached hydrogens (tertiary/aromatic N) is 4. The van der Waals surface area contributed by atoms with E-state index in [1.165, 1.54) is 27.8 Å². The number of hydrogen-bond donors (Lipinski definition) is 0. The summed E-state index contributed by atoms with van der Waals surface area (Å²) in [5.74, 6) is 2.07. The molecule has 0 radical (unpaired) electrons. The van der Waals surface area contributed by atoms with Crippen molar-refractivity contribution in [3.63, 3.8) is 0 Å². The van der Waals surface area contributed by atoms with Gasteiger partial charge >= 0.3 is 21.1 Å². The fraction of sp³-hybridized carbons (Fsp3) is 0.220. The molecule has 7 aromatic rings. The van der Waals surface area contributed by atoms with E-state index in [0.29, 0.717) is 11.5 Å². The maximum atomic E-state index is 6.40. The van der Waals surface area contributed by atoms with E-state index in [9.17, 15) is 0 Å². The number of benzene rings is 4. The summed E-state index contributed by atoms with van der Waals surface area (Å²) in [5.41, 5.74) is 12.1. The first-order chi connectivity index (χ1) is 22.4. The molecule has 0 aliphatic rings. The van der Waals surface area contributed by atoms with Crippen LogP contribution in [0.1, 0.15) is 54.5 Å². The summed E-state index contributed by atoms with van der Waals surface area (Å²) < 4.78 is 10.5.